The monoisotopic (exact) mass is 233 g/mol. The number of rotatable bonds is 3. The van der Waals surface area contributed by atoms with Gasteiger partial charge < -0.3 is 0 Å². The summed E-state index contributed by atoms with van der Waals surface area (Å²) in [5.41, 5.74) is 5.54. The first-order chi connectivity index (χ1) is 8.15. The quantitative estimate of drug-likeness (QED) is 0.623. The maximum atomic E-state index is 5.78. The average Bonchev–Trinajstić information content (AvgIpc) is 2.33. The largest absolute Gasteiger partial charge is 0.271 e. The highest BCUT2D eigenvalue weighted by molar-refractivity contribution is 5.19. The lowest BCUT2D eigenvalue weighted by atomic mass is 9.69. The van der Waals surface area contributed by atoms with E-state index in [4.69, 9.17) is 5.84 Å². The van der Waals surface area contributed by atoms with Crippen molar-refractivity contribution in [3.8, 4) is 0 Å². The van der Waals surface area contributed by atoms with Crippen LogP contribution in [0.1, 0.15) is 56.3 Å². The van der Waals surface area contributed by atoms with Gasteiger partial charge in [0, 0.05) is 11.9 Å². The van der Waals surface area contributed by atoms with E-state index < -0.39 is 0 Å². The normalized spacial score (nSPS) is 21.1. The highest BCUT2D eigenvalue weighted by Crippen LogP contribution is 2.45. The SMILES string of the molecule is Cc1ccc(C(NN)C2(C)CCCCC2)cn1. The maximum Gasteiger partial charge on any atom is 0.0528 e. The Morgan fingerprint density at radius 3 is 2.53 bits per heavy atom. The zero-order chi connectivity index (χ0) is 12.3. The van der Waals surface area contributed by atoms with E-state index in [1.807, 2.05) is 13.1 Å². The third-order valence-corrected chi connectivity index (χ3v) is 4.13. The topological polar surface area (TPSA) is 50.9 Å². The minimum atomic E-state index is 0.218. The molecule has 0 aromatic carbocycles. The lowest BCUT2D eigenvalue weighted by molar-refractivity contribution is 0.145. The Morgan fingerprint density at radius 2 is 2.00 bits per heavy atom. The van der Waals surface area contributed by atoms with Crippen LogP contribution in [0.25, 0.3) is 0 Å². The van der Waals surface area contributed by atoms with Crippen molar-refractivity contribution in [2.24, 2.45) is 11.3 Å². The lowest BCUT2D eigenvalue weighted by Gasteiger charge is -2.40. The average molecular weight is 233 g/mol. The molecule has 2 rings (SSSR count). The summed E-state index contributed by atoms with van der Waals surface area (Å²) >= 11 is 0. The van der Waals surface area contributed by atoms with Crippen molar-refractivity contribution in [3.05, 3.63) is 29.6 Å². The van der Waals surface area contributed by atoms with Gasteiger partial charge in [0.05, 0.1) is 6.04 Å². The summed E-state index contributed by atoms with van der Waals surface area (Å²) in [6.45, 7) is 4.35. The summed E-state index contributed by atoms with van der Waals surface area (Å²) in [5, 5.41) is 0. The first kappa shape index (κ1) is 12.5. The molecule has 17 heavy (non-hydrogen) atoms. The Kier molecular flexibility index (Phi) is 3.79. The van der Waals surface area contributed by atoms with E-state index in [-0.39, 0.29) is 11.5 Å². The number of nitrogens with two attached hydrogens (primary N) is 1. The number of nitrogens with zero attached hydrogens (tertiary/aromatic N) is 1. The van der Waals surface area contributed by atoms with Gasteiger partial charge in [0.15, 0.2) is 0 Å². The zero-order valence-corrected chi connectivity index (χ0v) is 10.9. The first-order valence-corrected chi connectivity index (χ1v) is 6.54. The number of hydrazine groups is 1. The van der Waals surface area contributed by atoms with Crippen molar-refractivity contribution in [1.29, 1.82) is 0 Å². The summed E-state index contributed by atoms with van der Waals surface area (Å²) in [7, 11) is 0. The molecule has 3 nitrogen and oxygen atoms in total. The van der Waals surface area contributed by atoms with Crippen LogP contribution < -0.4 is 11.3 Å². The van der Waals surface area contributed by atoms with Crippen LogP contribution in [0.15, 0.2) is 18.3 Å². The molecule has 1 fully saturated rings. The molecule has 94 valence electrons. The molecule has 0 aliphatic heterocycles. The Labute approximate surface area is 104 Å². The predicted octanol–water partition coefficient (Wildman–Crippen LogP) is 2.86. The summed E-state index contributed by atoms with van der Waals surface area (Å²) in [4.78, 5) is 4.38. The van der Waals surface area contributed by atoms with E-state index >= 15 is 0 Å². The molecule has 1 aliphatic rings. The van der Waals surface area contributed by atoms with Crippen LogP contribution in [0.4, 0.5) is 0 Å². The van der Waals surface area contributed by atoms with Crippen LogP contribution in [-0.2, 0) is 0 Å². The molecule has 0 spiro atoms. The molecule has 1 aromatic heterocycles. The van der Waals surface area contributed by atoms with Gasteiger partial charge in [-0.2, -0.15) is 0 Å². The van der Waals surface area contributed by atoms with Crippen molar-refractivity contribution in [2.75, 3.05) is 0 Å². The Hall–Kier alpha value is -0.930. The van der Waals surface area contributed by atoms with Crippen LogP contribution in [0.3, 0.4) is 0 Å². The number of aromatic nitrogens is 1. The van der Waals surface area contributed by atoms with E-state index in [0.29, 0.717) is 0 Å². The van der Waals surface area contributed by atoms with E-state index in [2.05, 4.69) is 29.5 Å². The number of nitrogens with one attached hydrogen (secondary N) is 1. The predicted molar refractivity (Wildman–Crippen MR) is 70.2 cm³/mol. The van der Waals surface area contributed by atoms with Crippen LogP contribution in [-0.4, -0.2) is 4.98 Å². The summed E-state index contributed by atoms with van der Waals surface area (Å²) in [6.07, 6.45) is 8.44. The van der Waals surface area contributed by atoms with Crippen molar-refractivity contribution in [3.63, 3.8) is 0 Å². The summed E-state index contributed by atoms with van der Waals surface area (Å²) in [6, 6.07) is 4.43. The summed E-state index contributed by atoms with van der Waals surface area (Å²) in [5.74, 6) is 5.78. The second-order valence-corrected chi connectivity index (χ2v) is 5.55. The van der Waals surface area contributed by atoms with Gasteiger partial charge in [-0.1, -0.05) is 32.3 Å². The molecule has 3 heteroatoms. The fourth-order valence-electron chi connectivity index (χ4n) is 3.00. The molecule has 3 N–H and O–H groups in total. The molecule has 1 aromatic rings. The van der Waals surface area contributed by atoms with Gasteiger partial charge in [-0.3, -0.25) is 16.3 Å². The zero-order valence-electron chi connectivity index (χ0n) is 10.9. The molecule has 1 aliphatic carbocycles. The van der Waals surface area contributed by atoms with E-state index in [9.17, 15) is 0 Å². The number of hydrogen-bond acceptors (Lipinski definition) is 3. The fraction of sp³-hybridized carbons (Fsp3) is 0.643. The summed E-state index contributed by atoms with van der Waals surface area (Å²) < 4.78 is 0. The molecule has 0 saturated heterocycles. The molecule has 1 saturated carbocycles. The van der Waals surface area contributed by atoms with Gasteiger partial charge in [-0.05, 0) is 36.8 Å². The van der Waals surface area contributed by atoms with Crippen molar-refractivity contribution < 1.29 is 0 Å². The minimum Gasteiger partial charge on any atom is -0.271 e. The maximum absolute atomic E-state index is 5.78. The fourth-order valence-corrected chi connectivity index (χ4v) is 3.00. The van der Waals surface area contributed by atoms with Gasteiger partial charge in [0.25, 0.3) is 0 Å². The molecule has 0 amide bonds. The highest BCUT2D eigenvalue weighted by atomic mass is 15.2. The third kappa shape index (κ3) is 2.67. The Balaban J connectivity index is 2.22. The van der Waals surface area contributed by atoms with Crippen LogP contribution in [0, 0.1) is 12.3 Å². The van der Waals surface area contributed by atoms with Gasteiger partial charge >= 0.3 is 0 Å². The van der Waals surface area contributed by atoms with Gasteiger partial charge in [-0.25, -0.2) is 0 Å². The standard InChI is InChI=1S/C14H23N3/c1-11-6-7-12(10-16-11)13(17-15)14(2)8-4-3-5-9-14/h6-7,10,13,17H,3-5,8-9,15H2,1-2H3. The lowest BCUT2D eigenvalue weighted by Crippen LogP contribution is -2.41. The molecular formula is C14H23N3. The van der Waals surface area contributed by atoms with E-state index in [0.717, 1.165) is 5.69 Å². The number of hydrogen-bond donors (Lipinski definition) is 2. The molecule has 0 bridgehead atoms. The highest BCUT2D eigenvalue weighted by Gasteiger charge is 2.35. The third-order valence-electron chi connectivity index (χ3n) is 4.13. The minimum absolute atomic E-state index is 0.218. The van der Waals surface area contributed by atoms with Crippen LogP contribution in [0.5, 0.6) is 0 Å². The second kappa shape index (κ2) is 5.15. The van der Waals surface area contributed by atoms with Gasteiger partial charge in [0.2, 0.25) is 0 Å². The smallest absolute Gasteiger partial charge is 0.0528 e. The van der Waals surface area contributed by atoms with E-state index in [1.165, 1.54) is 37.7 Å². The molecule has 1 heterocycles. The van der Waals surface area contributed by atoms with Crippen molar-refractivity contribution in [2.45, 2.75) is 52.0 Å². The van der Waals surface area contributed by atoms with Crippen molar-refractivity contribution in [1.82, 2.24) is 10.4 Å². The van der Waals surface area contributed by atoms with Crippen molar-refractivity contribution >= 4 is 0 Å². The molecule has 1 atom stereocenters. The van der Waals surface area contributed by atoms with Gasteiger partial charge in [-0.15, -0.1) is 0 Å². The van der Waals surface area contributed by atoms with Gasteiger partial charge in [0.1, 0.15) is 0 Å². The number of pyridine rings is 1. The molecule has 0 radical (unpaired) electrons. The van der Waals surface area contributed by atoms with Crippen LogP contribution in [0.2, 0.25) is 0 Å². The molecular weight excluding hydrogens is 210 g/mol. The number of aryl methyl sites for hydroxylation is 1. The second-order valence-electron chi connectivity index (χ2n) is 5.55. The Bertz CT molecular complexity index is 352. The molecule has 1 unspecified atom stereocenters. The first-order valence-electron chi connectivity index (χ1n) is 6.54. The van der Waals surface area contributed by atoms with Crippen LogP contribution >= 0.6 is 0 Å². The van der Waals surface area contributed by atoms with E-state index in [1.54, 1.807) is 0 Å². The Morgan fingerprint density at radius 1 is 1.29 bits per heavy atom.